The number of ether oxygens (including phenoxy) is 1. The maximum atomic E-state index is 12.1. The highest BCUT2D eigenvalue weighted by atomic mass is 16.5. The van der Waals surface area contributed by atoms with Gasteiger partial charge in [0.05, 0.1) is 5.41 Å². The Morgan fingerprint density at radius 3 is 2.55 bits per heavy atom. The van der Waals surface area contributed by atoms with Gasteiger partial charge >= 0.3 is 5.97 Å². The summed E-state index contributed by atoms with van der Waals surface area (Å²) in [6.07, 6.45) is 3.33. The molecule has 0 bridgehead atoms. The van der Waals surface area contributed by atoms with Crippen molar-refractivity contribution < 1.29 is 14.6 Å². The molecule has 1 N–H and O–H groups in total. The third-order valence-corrected chi connectivity index (χ3v) is 3.88. The Labute approximate surface area is 122 Å². The van der Waals surface area contributed by atoms with Crippen molar-refractivity contribution in [1.82, 2.24) is 0 Å². The van der Waals surface area contributed by atoms with Gasteiger partial charge in [-0.2, -0.15) is 0 Å². The summed E-state index contributed by atoms with van der Waals surface area (Å²) in [5.41, 5.74) is 1.80. The highest BCUT2D eigenvalue weighted by molar-refractivity contribution is 5.75. The van der Waals surface area contributed by atoms with E-state index in [4.69, 9.17) is 4.74 Å². The van der Waals surface area contributed by atoms with Gasteiger partial charge in [-0.1, -0.05) is 17.7 Å². The van der Waals surface area contributed by atoms with Crippen LogP contribution >= 0.6 is 0 Å². The van der Waals surface area contributed by atoms with Gasteiger partial charge < -0.3 is 9.84 Å². The normalized spacial score (nSPS) is 26.9. The maximum absolute atomic E-state index is 12.1. The second-order valence-corrected chi connectivity index (χ2v) is 6.97. The fourth-order valence-corrected chi connectivity index (χ4v) is 2.68. The fourth-order valence-electron chi connectivity index (χ4n) is 2.68. The molecule has 0 radical (unpaired) electrons. The van der Waals surface area contributed by atoms with Gasteiger partial charge in [-0.25, -0.2) is 0 Å². The number of rotatable bonds is 4. The smallest absolute Gasteiger partial charge is 0.311 e. The van der Waals surface area contributed by atoms with Gasteiger partial charge in [0.15, 0.2) is 0 Å². The van der Waals surface area contributed by atoms with Crippen LogP contribution in [0.25, 0.3) is 0 Å². The number of hydrogen-bond donors (Lipinski definition) is 1. The lowest BCUT2D eigenvalue weighted by Gasteiger charge is -2.37. The molecule has 0 saturated carbocycles. The molecule has 0 spiro atoms. The summed E-state index contributed by atoms with van der Waals surface area (Å²) in [5, 5.41) is 9.30. The molecular weight excluding hydrogens is 252 g/mol. The lowest BCUT2D eigenvalue weighted by molar-refractivity contribution is -0.160. The van der Waals surface area contributed by atoms with Crippen molar-refractivity contribution in [3.63, 3.8) is 0 Å². The number of aliphatic hydroxyl groups is 1. The van der Waals surface area contributed by atoms with Crippen LogP contribution in [0.4, 0.5) is 0 Å². The minimum atomic E-state index is -0.512. The summed E-state index contributed by atoms with van der Waals surface area (Å²) >= 11 is 0. The minimum absolute atomic E-state index is 0.102. The molecule has 1 aliphatic rings. The lowest BCUT2D eigenvalue weighted by atomic mass is 9.73. The second kappa shape index (κ2) is 6.57. The molecule has 3 nitrogen and oxygen atoms in total. The molecule has 1 rings (SSSR count). The Morgan fingerprint density at radius 2 is 2.10 bits per heavy atom. The first-order valence-electron chi connectivity index (χ1n) is 7.31. The number of carbonyl (C=O) groups excluding carboxylic acids is 1. The zero-order valence-electron chi connectivity index (χ0n) is 13.4. The summed E-state index contributed by atoms with van der Waals surface area (Å²) in [7, 11) is 0. The quantitative estimate of drug-likeness (QED) is 0.633. The van der Waals surface area contributed by atoms with Crippen LogP contribution < -0.4 is 0 Å². The monoisotopic (exact) mass is 280 g/mol. The van der Waals surface area contributed by atoms with Gasteiger partial charge in [-0.3, -0.25) is 4.79 Å². The summed E-state index contributed by atoms with van der Waals surface area (Å²) in [5.74, 6) is 0.189. The lowest BCUT2D eigenvalue weighted by Crippen LogP contribution is -2.38. The standard InChI is InChI=1S/C17H28O3/c1-11(2)14-9-12(3)10-15(13(14)7-8-18)20-16(19)17(4,5)6/h10,13-15,18H,1,7-9H2,2-6H3/t13-,14-,15-/m0/s1. The molecule has 114 valence electrons. The van der Waals surface area contributed by atoms with E-state index >= 15 is 0 Å². The van der Waals surface area contributed by atoms with Crippen molar-refractivity contribution in [3.05, 3.63) is 23.8 Å². The Morgan fingerprint density at radius 1 is 1.50 bits per heavy atom. The van der Waals surface area contributed by atoms with Gasteiger partial charge in [0.2, 0.25) is 0 Å². The predicted molar refractivity (Wildman–Crippen MR) is 81.2 cm³/mol. The third kappa shape index (κ3) is 4.20. The number of hydrogen-bond acceptors (Lipinski definition) is 3. The van der Waals surface area contributed by atoms with Crippen LogP contribution in [0, 0.1) is 17.3 Å². The van der Waals surface area contributed by atoms with E-state index in [9.17, 15) is 9.90 Å². The molecule has 0 aromatic carbocycles. The van der Waals surface area contributed by atoms with Gasteiger partial charge in [-0.15, -0.1) is 0 Å². The Kier molecular flexibility index (Phi) is 5.58. The first-order chi connectivity index (χ1) is 9.16. The van der Waals surface area contributed by atoms with Crippen LogP contribution in [0.1, 0.15) is 47.5 Å². The molecule has 0 aromatic rings. The first-order valence-corrected chi connectivity index (χ1v) is 7.31. The fraction of sp³-hybridized carbons (Fsp3) is 0.706. The largest absolute Gasteiger partial charge is 0.457 e. The number of carbonyl (C=O) groups is 1. The summed E-state index contributed by atoms with van der Waals surface area (Å²) in [4.78, 5) is 12.1. The highest BCUT2D eigenvalue weighted by Gasteiger charge is 2.36. The zero-order valence-corrected chi connectivity index (χ0v) is 13.4. The van der Waals surface area contributed by atoms with Crippen LogP contribution in [0.5, 0.6) is 0 Å². The second-order valence-electron chi connectivity index (χ2n) is 6.97. The molecule has 0 saturated heterocycles. The van der Waals surface area contributed by atoms with Crippen molar-refractivity contribution in [1.29, 1.82) is 0 Å². The SMILES string of the molecule is C=C(C)[C@@H]1CC(C)=C[C@H](OC(=O)C(C)(C)C)[C@H]1CCO. The van der Waals surface area contributed by atoms with Crippen LogP contribution in [0.3, 0.4) is 0 Å². The average molecular weight is 280 g/mol. The first kappa shape index (κ1) is 17.0. The average Bonchev–Trinajstić information content (AvgIpc) is 2.30. The van der Waals surface area contributed by atoms with Crippen molar-refractivity contribution in [2.24, 2.45) is 17.3 Å². The number of allylic oxidation sites excluding steroid dienone is 2. The number of esters is 1. The van der Waals surface area contributed by atoms with Crippen LogP contribution in [0.15, 0.2) is 23.8 Å². The van der Waals surface area contributed by atoms with Gasteiger partial charge in [0.25, 0.3) is 0 Å². The van der Waals surface area contributed by atoms with E-state index in [2.05, 4.69) is 13.5 Å². The third-order valence-electron chi connectivity index (χ3n) is 3.88. The van der Waals surface area contributed by atoms with E-state index in [1.165, 1.54) is 5.57 Å². The van der Waals surface area contributed by atoms with Crippen LogP contribution in [-0.4, -0.2) is 23.8 Å². The van der Waals surface area contributed by atoms with E-state index in [1.807, 2.05) is 33.8 Å². The Hall–Kier alpha value is -1.09. The topological polar surface area (TPSA) is 46.5 Å². The Balaban J connectivity index is 2.97. The molecule has 3 atom stereocenters. The van der Waals surface area contributed by atoms with Crippen molar-refractivity contribution in [2.75, 3.05) is 6.61 Å². The molecule has 3 heteroatoms. The van der Waals surface area contributed by atoms with Crippen molar-refractivity contribution in [2.45, 2.75) is 53.6 Å². The minimum Gasteiger partial charge on any atom is -0.457 e. The molecule has 0 aromatic heterocycles. The molecular formula is C17H28O3. The zero-order chi connectivity index (χ0) is 15.5. The summed E-state index contributed by atoms with van der Waals surface area (Å²) in [6, 6.07) is 0. The molecule has 0 amide bonds. The van der Waals surface area contributed by atoms with Crippen LogP contribution in [0.2, 0.25) is 0 Å². The van der Waals surface area contributed by atoms with Crippen molar-refractivity contribution >= 4 is 5.97 Å². The molecule has 0 heterocycles. The molecule has 0 fully saturated rings. The summed E-state index contributed by atoms with van der Waals surface area (Å²) in [6.45, 7) is 13.8. The molecule has 0 unspecified atom stereocenters. The van der Waals surface area contributed by atoms with E-state index in [0.717, 1.165) is 12.0 Å². The van der Waals surface area contributed by atoms with Gasteiger partial charge in [-0.05, 0) is 59.5 Å². The van der Waals surface area contributed by atoms with Crippen LogP contribution in [-0.2, 0) is 9.53 Å². The summed E-state index contributed by atoms with van der Waals surface area (Å²) < 4.78 is 5.70. The maximum Gasteiger partial charge on any atom is 0.311 e. The predicted octanol–water partition coefficient (Wildman–Crippen LogP) is 3.49. The van der Waals surface area contributed by atoms with E-state index in [0.29, 0.717) is 6.42 Å². The van der Waals surface area contributed by atoms with E-state index in [1.54, 1.807) is 0 Å². The molecule has 0 aliphatic heterocycles. The highest BCUT2D eigenvalue weighted by Crippen LogP contribution is 2.38. The Bertz CT molecular complexity index is 401. The molecule has 1 aliphatic carbocycles. The van der Waals surface area contributed by atoms with Gasteiger partial charge in [0.1, 0.15) is 6.10 Å². The van der Waals surface area contributed by atoms with Gasteiger partial charge in [0, 0.05) is 12.5 Å². The van der Waals surface area contributed by atoms with E-state index in [-0.39, 0.29) is 30.5 Å². The van der Waals surface area contributed by atoms with E-state index < -0.39 is 5.41 Å². The molecule has 20 heavy (non-hydrogen) atoms. The van der Waals surface area contributed by atoms with Crippen molar-refractivity contribution in [3.8, 4) is 0 Å². The number of aliphatic hydroxyl groups excluding tert-OH is 1.